The summed E-state index contributed by atoms with van der Waals surface area (Å²) >= 11 is 12.8. The van der Waals surface area contributed by atoms with Crippen molar-refractivity contribution in [2.75, 3.05) is 19.0 Å². The van der Waals surface area contributed by atoms with Gasteiger partial charge in [0.1, 0.15) is 0 Å². The van der Waals surface area contributed by atoms with Crippen molar-refractivity contribution in [3.05, 3.63) is 58.1 Å². The van der Waals surface area contributed by atoms with Gasteiger partial charge in [0.2, 0.25) is 5.91 Å². The van der Waals surface area contributed by atoms with E-state index in [0.29, 0.717) is 35.6 Å². The van der Waals surface area contributed by atoms with Gasteiger partial charge in [-0.25, -0.2) is 0 Å². The predicted molar refractivity (Wildman–Crippen MR) is 127 cm³/mol. The van der Waals surface area contributed by atoms with Crippen molar-refractivity contribution in [2.24, 2.45) is 0 Å². The molecule has 0 spiro atoms. The monoisotopic (exact) mass is 532 g/mol. The number of halogens is 5. The normalized spacial score (nSPS) is 12.6. The van der Waals surface area contributed by atoms with Gasteiger partial charge in [-0.3, -0.25) is 4.79 Å². The van der Waals surface area contributed by atoms with Crippen molar-refractivity contribution in [1.29, 1.82) is 0 Å². The van der Waals surface area contributed by atoms with E-state index >= 15 is 0 Å². The third-order valence-electron chi connectivity index (χ3n) is 4.74. The molecule has 34 heavy (non-hydrogen) atoms. The van der Waals surface area contributed by atoms with E-state index in [9.17, 15) is 18.0 Å². The van der Waals surface area contributed by atoms with Crippen LogP contribution in [0.25, 0.3) is 11.4 Å². The zero-order valence-electron chi connectivity index (χ0n) is 18.2. The van der Waals surface area contributed by atoms with Crippen molar-refractivity contribution in [3.63, 3.8) is 0 Å². The van der Waals surface area contributed by atoms with E-state index in [-0.39, 0.29) is 5.69 Å². The van der Waals surface area contributed by atoms with Gasteiger partial charge in [0, 0.05) is 36.5 Å². The summed E-state index contributed by atoms with van der Waals surface area (Å²) in [7, 11) is 1.61. The van der Waals surface area contributed by atoms with E-state index in [1.54, 1.807) is 26.2 Å². The largest absolute Gasteiger partial charge is 0.417 e. The van der Waals surface area contributed by atoms with Crippen LogP contribution in [-0.2, 0) is 22.3 Å². The molecule has 2 aromatic carbocycles. The van der Waals surface area contributed by atoms with Gasteiger partial charge in [0.25, 0.3) is 0 Å². The first-order valence-electron chi connectivity index (χ1n) is 10.1. The molecule has 0 saturated heterocycles. The Labute approximate surface area is 208 Å². The molecule has 1 amide bonds. The van der Waals surface area contributed by atoms with Crippen LogP contribution in [0.1, 0.15) is 18.9 Å². The number of benzene rings is 2. The summed E-state index contributed by atoms with van der Waals surface area (Å²) < 4.78 is 46.4. The topological polar surface area (TPSA) is 69.0 Å². The lowest BCUT2D eigenvalue weighted by Crippen LogP contribution is -2.23. The van der Waals surface area contributed by atoms with Gasteiger partial charge in [-0.05, 0) is 55.8 Å². The Morgan fingerprint density at radius 3 is 2.53 bits per heavy atom. The van der Waals surface area contributed by atoms with Crippen LogP contribution in [0.2, 0.25) is 10.0 Å². The summed E-state index contributed by atoms with van der Waals surface area (Å²) in [5.74, 6) is 0.121. The van der Waals surface area contributed by atoms with Crippen LogP contribution in [0.4, 0.5) is 18.9 Å². The second-order valence-electron chi connectivity index (χ2n) is 7.25. The van der Waals surface area contributed by atoms with Crippen LogP contribution >= 0.6 is 35.0 Å². The molecule has 0 fully saturated rings. The van der Waals surface area contributed by atoms with Crippen molar-refractivity contribution in [2.45, 2.75) is 36.5 Å². The number of thioether (sulfide) groups is 1. The van der Waals surface area contributed by atoms with Crippen LogP contribution in [-0.4, -0.2) is 39.6 Å². The van der Waals surface area contributed by atoms with Crippen LogP contribution < -0.4 is 5.32 Å². The highest BCUT2D eigenvalue weighted by atomic mass is 35.5. The third-order valence-corrected chi connectivity index (χ3v) is 6.40. The summed E-state index contributed by atoms with van der Waals surface area (Å²) in [6.45, 7) is 2.70. The SMILES string of the molecule is COCCCn1c(S[C@H](C)C(=O)Nc2ccc(Cl)c(C(F)(F)F)c2)nnc1-c1ccc(Cl)cc1. The number of rotatable bonds is 9. The molecule has 0 aliphatic rings. The number of carbonyl (C=O) groups is 1. The fourth-order valence-corrected chi connectivity index (χ4v) is 4.26. The average Bonchev–Trinajstić information content (AvgIpc) is 3.17. The first kappa shape index (κ1) is 26.3. The van der Waals surface area contributed by atoms with Crippen LogP contribution in [0.5, 0.6) is 0 Å². The van der Waals surface area contributed by atoms with E-state index in [0.717, 1.165) is 29.5 Å². The van der Waals surface area contributed by atoms with E-state index in [4.69, 9.17) is 27.9 Å². The quantitative estimate of drug-likeness (QED) is 0.254. The number of methoxy groups -OCH3 is 1. The Morgan fingerprint density at radius 1 is 1.18 bits per heavy atom. The molecule has 1 atom stereocenters. The summed E-state index contributed by atoms with van der Waals surface area (Å²) in [5.41, 5.74) is -0.213. The van der Waals surface area contributed by atoms with E-state index in [2.05, 4.69) is 15.5 Å². The Kier molecular flexibility index (Phi) is 8.86. The third kappa shape index (κ3) is 6.65. The molecule has 0 unspecified atom stereocenters. The summed E-state index contributed by atoms with van der Waals surface area (Å²) in [6, 6.07) is 10.4. The number of nitrogens with one attached hydrogen (secondary N) is 1. The summed E-state index contributed by atoms with van der Waals surface area (Å²) in [6.07, 6.45) is -3.94. The number of anilines is 1. The minimum Gasteiger partial charge on any atom is -0.385 e. The molecule has 0 aliphatic carbocycles. The number of aromatic nitrogens is 3. The van der Waals surface area contributed by atoms with E-state index < -0.39 is 27.9 Å². The molecular formula is C22H21Cl2F3N4O2S. The highest BCUT2D eigenvalue weighted by molar-refractivity contribution is 8.00. The highest BCUT2D eigenvalue weighted by Crippen LogP contribution is 2.36. The lowest BCUT2D eigenvalue weighted by molar-refractivity contribution is -0.137. The van der Waals surface area contributed by atoms with Crippen LogP contribution in [0.15, 0.2) is 47.6 Å². The Balaban J connectivity index is 1.78. The predicted octanol–water partition coefficient (Wildman–Crippen LogP) is 6.43. The second kappa shape index (κ2) is 11.4. The van der Waals surface area contributed by atoms with Crippen LogP contribution in [0, 0.1) is 0 Å². The molecule has 1 aromatic heterocycles. The van der Waals surface area contributed by atoms with E-state index in [1.165, 1.54) is 6.07 Å². The number of amides is 1. The van der Waals surface area contributed by atoms with Crippen molar-refractivity contribution < 1.29 is 22.7 Å². The summed E-state index contributed by atoms with van der Waals surface area (Å²) in [4.78, 5) is 12.7. The van der Waals surface area contributed by atoms with Crippen LogP contribution in [0.3, 0.4) is 0 Å². The fourth-order valence-electron chi connectivity index (χ4n) is 3.03. The van der Waals surface area contributed by atoms with Gasteiger partial charge in [-0.1, -0.05) is 35.0 Å². The van der Waals surface area contributed by atoms with Gasteiger partial charge in [0.15, 0.2) is 11.0 Å². The second-order valence-corrected chi connectivity index (χ2v) is 9.40. The highest BCUT2D eigenvalue weighted by Gasteiger charge is 2.33. The molecule has 6 nitrogen and oxygen atoms in total. The molecule has 0 aliphatic heterocycles. The average molecular weight is 533 g/mol. The molecule has 1 heterocycles. The molecule has 3 rings (SSSR count). The van der Waals surface area contributed by atoms with Gasteiger partial charge < -0.3 is 14.6 Å². The van der Waals surface area contributed by atoms with Crippen molar-refractivity contribution in [1.82, 2.24) is 14.8 Å². The first-order chi connectivity index (χ1) is 16.1. The number of nitrogens with zero attached hydrogens (tertiary/aromatic N) is 3. The maximum atomic E-state index is 13.1. The van der Waals surface area contributed by atoms with Gasteiger partial charge in [-0.2, -0.15) is 13.2 Å². The molecule has 3 aromatic rings. The minimum absolute atomic E-state index is 0.00223. The van der Waals surface area contributed by atoms with Crippen molar-refractivity contribution in [3.8, 4) is 11.4 Å². The Bertz CT molecular complexity index is 1140. The summed E-state index contributed by atoms with van der Waals surface area (Å²) in [5, 5.41) is 11.0. The van der Waals surface area contributed by atoms with E-state index in [1.807, 2.05) is 16.7 Å². The lowest BCUT2D eigenvalue weighted by Gasteiger charge is -2.15. The molecular weight excluding hydrogens is 512 g/mol. The number of alkyl halides is 3. The Morgan fingerprint density at radius 2 is 1.88 bits per heavy atom. The maximum Gasteiger partial charge on any atom is 0.417 e. The fraction of sp³-hybridized carbons (Fsp3) is 0.318. The molecule has 0 saturated carbocycles. The number of hydrogen-bond donors (Lipinski definition) is 1. The molecule has 12 heteroatoms. The lowest BCUT2D eigenvalue weighted by atomic mass is 10.2. The number of hydrogen-bond acceptors (Lipinski definition) is 5. The van der Waals surface area contributed by atoms with Gasteiger partial charge in [-0.15, -0.1) is 10.2 Å². The molecule has 1 N–H and O–H groups in total. The first-order valence-corrected chi connectivity index (χ1v) is 11.8. The van der Waals surface area contributed by atoms with Gasteiger partial charge in [0.05, 0.1) is 15.8 Å². The molecule has 0 bridgehead atoms. The maximum absolute atomic E-state index is 13.1. The molecule has 0 radical (unpaired) electrons. The zero-order valence-corrected chi connectivity index (χ0v) is 20.5. The molecule has 182 valence electrons. The smallest absolute Gasteiger partial charge is 0.385 e. The minimum atomic E-state index is -4.63. The zero-order chi connectivity index (χ0) is 24.9. The van der Waals surface area contributed by atoms with Crippen molar-refractivity contribution >= 4 is 46.6 Å². The number of carbonyl (C=O) groups excluding carboxylic acids is 1. The number of ether oxygens (including phenoxy) is 1. The Hall–Kier alpha value is -2.27. The standard InChI is InChI=1S/C22H21Cl2F3N4O2S/c1-13(20(32)28-16-8-9-18(24)17(12-16)22(25,26)27)34-21-30-29-19(31(21)10-3-11-33-2)14-4-6-15(23)7-5-14/h4-9,12-13H,3,10-11H2,1-2H3,(H,28,32)/t13-/m1/s1. The van der Waals surface area contributed by atoms with Gasteiger partial charge >= 0.3 is 6.18 Å².